The third-order valence-corrected chi connectivity index (χ3v) is 5.10. The molecule has 0 aliphatic carbocycles. The monoisotopic (exact) mass is 394 g/mol. The molecule has 0 saturated heterocycles. The Balaban J connectivity index is 1.87. The Hall–Kier alpha value is -3.60. The van der Waals surface area contributed by atoms with E-state index in [1.807, 2.05) is 54.6 Å². The highest BCUT2D eigenvalue weighted by Gasteiger charge is 2.13. The average Bonchev–Trinajstić information content (AvgIpc) is 2.84. The second-order valence-corrected chi connectivity index (χ2v) is 6.95. The van der Waals surface area contributed by atoms with Crippen LogP contribution in [-0.4, -0.2) is 31.5 Å². The van der Waals surface area contributed by atoms with Crippen molar-refractivity contribution < 1.29 is 9.47 Å². The van der Waals surface area contributed by atoms with E-state index in [1.165, 1.54) is 5.46 Å². The summed E-state index contributed by atoms with van der Waals surface area (Å²) in [4.78, 5) is 9.72. The third-order valence-electron chi connectivity index (χ3n) is 5.10. The minimum Gasteiger partial charge on any atom is -0.493 e. The smallest absolute Gasteiger partial charge is 0.161 e. The number of ether oxygens (including phenoxy) is 2. The van der Waals surface area contributed by atoms with Crippen LogP contribution in [0.4, 0.5) is 0 Å². The number of benzene rings is 3. The van der Waals surface area contributed by atoms with Crippen LogP contribution >= 0.6 is 0 Å². The van der Waals surface area contributed by atoms with Gasteiger partial charge >= 0.3 is 0 Å². The first-order chi connectivity index (χ1) is 14.7. The highest BCUT2D eigenvalue weighted by Crippen LogP contribution is 2.33. The molecule has 0 aliphatic rings. The van der Waals surface area contributed by atoms with Gasteiger partial charge < -0.3 is 9.47 Å². The standard InChI is InChI=1S/C25H23BN2O2/c1-26-20-12-9-17(10-13-20)21-16-22(19-11-14-23(29-2)24(15-19)30-3)28-25(27-21)18-7-5-4-6-8-18/h4-16,26H,1-3H3. The van der Waals surface area contributed by atoms with E-state index in [9.17, 15) is 0 Å². The van der Waals surface area contributed by atoms with Gasteiger partial charge in [0.15, 0.2) is 24.6 Å². The van der Waals surface area contributed by atoms with Crippen molar-refractivity contribution in [2.75, 3.05) is 14.2 Å². The summed E-state index contributed by atoms with van der Waals surface area (Å²) in [6.07, 6.45) is 0. The van der Waals surface area contributed by atoms with Gasteiger partial charge in [-0.2, -0.15) is 0 Å². The van der Waals surface area contributed by atoms with Crippen LogP contribution in [0.3, 0.4) is 0 Å². The van der Waals surface area contributed by atoms with Gasteiger partial charge in [0.05, 0.1) is 25.6 Å². The van der Waals surface area contributed by atoms with Gasteiger partial charge in [-0.1, -0.05) is 66.9 Å². The number of hydrogen-bond acceptors (Lipinski definition) is 4. The maximum Gasteiger partial charge on any atom is 0.161 e. The van der Waals surface area contributed by atoms with Gasteiger partial charge in [0.25, 0.3) is 0 Å². The zero-order valence-electron chi connectivity index (χ0n) is 17.4. The quantitative estimate of drug-likeness (QED) is 0.448. The van der Waals surface area contributed by atoms with Crippen molar-refractivity contribution in [1.29, 1.82) is 0 Å². The van der Waals surface area contributed by atoms with Crippen LogP contribution in [0.5, 0.6) is 11.5 Å². The molecule has 4 rings (SSSR count). The lowest BCUT2D eigenvalue weighted by molar-refractivity contribution is 0.355. The van der Waals surface area contributed by atoms with Crippen LogP contribution in [0.2, 0.25) is 6.82 Å². The first kappa shape index (κ1) is 19.7. The number of hydrogen-bond donors (Lipinski definition) is 0. The normalized spacial score (nSPS) is 10.5. The molecular formula is C25H23BN2O2. The summed E-state index contributed by atoms with van der Waals surface area (Å²) >= 11 is 0. The van der Waals surface area contributed by atoms with Gasteiger partial charge in [0, 0.05) is 16.7 Å². The average molecular weight is 394 g/mol. The van der Waals surface area contributed by atoms with Crippen molar-refractivity contribution in [3.05, 3.63) is 78.9 Å². The summed E-state index contributed by atoms with van der Waals surface area (Å²) in [6.45, 7) is 2.16. The molecule has 0 aliphatic heterocycles. The number of rotatable bonds is 6. The van der Waals surface area contributed by atoms with Crippen molar-refractivity contribution in [2.45, 2.75) is 6.82 Å². The third kappa shape index (κ3) is 4.06. The molecule has 0 radical (unpaired) electrons. The molecule has 3 aromatic carbocycles. The van der Waals surface area contributed by atoms with Crippen molar-refractivity contribution in [2.24, 2.45) is 0 Å². The van der Waals surface area contributed by atoms with Crippen LogP contribution in [0.1, 0.15) is 0 Å². The summed E-state index contributed by atoms with van der Waals surface area (Å²) in [5.41, 5.74) is 6.00. The predicted octanol–water partition coefficient (Wildman–Crippen LogP) is 4.60. The molecule has 0 atom stereocenters. The minimum atomic E-state index is 0.670. The van der Waals surface area contributed by atoms with Gasteiger partial charge in [-0.3, -0.25) is 0 Å². The fourth-order valence-corrected chi connectivity index (χ4v) is 3.37. The maximum atomic E-state index is 5.49. The van der Waals surface area contributed by atoms with Crippen LogP contribution in [0, 0.1) is 0 Å². The molecule has 1 heterocycles. The Kier molecular flexibility index (Phi) is 5.80. The fraction of sp³-hybridized carbons (Fsp3) is 0.120. The van der Waals surface area contributed by atoms with E-state index in [1.54, 1.807) is 14.2 Å². The number of methoxy groups -OCH3 is 2. The Morgan fingerprint density at radius 1 is 0.633 bits per heavy atom. The van der Waals surface area contributed by atoms with E-state index in [2.05, 4.69) is 31.1 Å². The topological polar surface area (TPSA) is 44.2 Å². The van der Waals surface area contributed by atoms with Crippen LogP contribution in [0.15, 0.2) is 78.9 Å². The van der Waals surface area contributed by atoms with Gasteiger partial charge in [-0.15, -0.1) is 0 Å². The van der Waals surface area contributed by atoms with Crippen molar-refractivity contribution >= 4 is 12.7 Å². The first-order valence-electron chi connectivity index (χ1n) is 9.98. The Bertz CT molecular complexity index is 1150. The summed E-state index contributed by atoms with van der Waals surface area (Å²) < 4.78 is 10.9. The number of nitrogens with zero attached hydrogens (tertiary/aromatic N) is 2. The fourth-order valence-electron chi connectivity index (χ4n) is 3.37. The Labute approximate surface area is 177 Å². The van der Waals surface area contributed by atoms with Gasteiger partial charge in [0.2, 0.25) is 0 Å². The molecule has 0 fully saturated rings. The molecule has 0 spiro atoms. The van der Waals surface area contributed by atoms with Crippen molar-refractivity contribution in [1.82, 2.24) is 9.97 Å². The van der Waals surface area contributed by atoms with Gasteiger partial charge in [-0.25, -0.2) is 9.97 Å². The van der Waals surface area contributed by atoms with Gasteiger partial charge in [0.1, 0.15) is 0 Å². The summed E-state index contributed by atoms with van der Waals surface area (Å²) in [6, 6.07) is 26.4. The van der Waals surface area contributed by atoms with E-state index in [0.717, 1.165) is 35.4 Å². The summed E-state index contributed by atoms with van der Waals surface area (Å²) in [5.74, 6) is 2.05. The van der Waals surface area contributed by atoms with Crippen LogP contribution in [0.25, 0.3) is 33.9 Å². The Morgan fingerprint density at radius 2 is 1.27 bits per heavy atom. The van der Waals surface area contributed by atoms with Crippen LogP contribution in [-0.2, 0) is 0 Å². The first-order valence-corrected chi connectivity index (χ1v) is 9.98. The van der Waals surface area contributed by atoms with E-state index < -0.39 is 0 Å². The molecule has 4 aromatic rings. The van der Waals surface area contributed by atoms with E-state index in [4.69, 9.17) is 19.4 Å². The van der Waals surface area contributed by atoms with E-state index in [0.29, 0.717) is 17.3 Å². The largest absolute Gasteiger partial charge is 0.493 e. The van der Waals surface area contributed by atoms with E-state index >= 15 is 0 Å². The molecule has 5 heteroatoms. The molecule has 0 amide bonds. The van der Waals surface area contributed by atoms with Crippen molar-refractivity contribution in [3.8, 4) is 45.4 Å². The second kappa shape index (κ2) is 8.83. The lowest BCUT2D eigenvalue weighted by atomic mass is 9.73. The molecule has 0 saturated carbocycles. The van der Waals surface area contributed by atoms with Gasteiger partial charge in [-0.05, 0) is 24.3 Å². The zero-order chi connectivity index (χ0) is 20.9. The molecular weight excluding hydrogens is 371 g/mol. The highest BCUT2D eigenvalue weighted by atomic mass is 16.5. The molecule has 30 heavy (non-hydrogen) atoms. The van der Waals surface area contributed by atoms with Crippen LogP contribution < -0.4 is 14.9 Å². The molecule has 148 valence electrons. The summed E-state index contributed by atoms with van der Waals surface area (Å²) in [7, 11) is 4.28. The zero-order valence-corrected chi connectivity index (χ0v) is 17.4. The predicted molar refractivity (Wildman–Crippen MR) is 124 cm³/mol. The second-order valence-electron chi connectivity index (χ2n) is 6.95. The molecule has 4 nitrogen and oxygen atoms in total. The van der Waals surface area contributed by atoms with E-state index in [-0.39, 0.29) is 0 Å². The maximum absolute atomic E-state index is 5.49. The molecule has 0 bridgehead atoms. The molecule has 1 aromatic heterocycles. The lowest BCUT2D eigenvalue weighted by Crippen LogP contribution is -2.08. The molecule has 0 unspecified atom stereocenters. The lowest BCUT2D eigenvalue weighted by Gasteiger charge is -2.12. The van der Waals surface area contributed by atoms with Crippen molar-refractivity contribution in [3.63, 3.8) is 0 Å². The Morgan fingerprint density at radius 3 is 1.90 bits per heavy atom. The summed E-state index contributed by atoms with van der Waals surface area (Å²) in [5, 5.41) is 0. The molecule has 0 N–H and O–H groups in total. The highest BCUT2D eigenvalue weighted by molar-refractivity contribution is 6.51. The SMILES string of the molecule is CBc1ccc(-c2cc(-c3ccc(OC)c(OC)c3)nc(-c3ccccc3)n2)cc1. The minimum absolute atomic E-state index is 0.670. The number of aromatic nitrogens is 2.